The monoisotopic (exact) mass is 402 g/mol. The van der Waals surface area contributed by atoms with Crippen LogP contribution >= 0.6 is 0 Å². The Morgan fingerprint density at radius 1 is 1.15 bits per heavy atom. The van der Waals surface area contributed by atoms with Crippen molar-refractivity contribution in [1.82, 2.24) is 9.21 Å². The van der Waals surface area contributed by atoms with Gasteiger partial charge in [0.1, 0.15) is 16.5 Å². The first kappa shape index (κ1) is 20.2. The molecule has 0 aromatic heterocycles. The average Bonchev–Trinajstić information content (AvgIpc) is 2.64. The van der Waals surface area contributed by atoms with Gasteiger partial charge >= 0.3 is 0 Å². The van der Waals surface area contributed by atoms with Crippen LogP contribution in [0.4, 0.5) is 8.78 Å². The van der Waals surface area contributed by atoms with Crippen molar-refractivity contribution < 1.29 is 26.9 Å². The highest BCUT2D eigenvalue weighted by molar-refractivity contribution is 7.89. The molecule has 0 spiro atoms. The molecule has 2 heterocycles. The van der Waals surface area contributed by atoms with Gasteiger partial charge in [-0.25, -0.2) is 17.2 Å². The van der Waals surface area contributed by atoms with E-state index in [-0.39, 0.29) is 19.0 Å². The largest absolute Gasteiger partial charge is 0.338 e. The Morgan fingerprint density at radius 3 is 2.41 bits per heavy atom. The number of benzene rings is 1. The lowest BCUT2D eigenvalue weighted by Crippen LogP contribution is -3.15. The van der Waals surface area contributed by atoms with E-state index in [9.17, 15) is 22.0 Å². The van der Waals surface area contributed by atoms with Crippen LogP contribution in [0.5, 0.6) is 0 Å². The zero-order valence-corrected chi connectivity index (χ0v) is 16.3. The average molecular weight is 402 g/mol. The second kappa shape index (κ2) is 8.20. The Labute approximate surface area is 158 Å². The number of piperidine rings is 1. The van der Waals surface area contributed by atoms with Crippen molar-refractivity contribution in [1.29, 1.82) is 0 Å². The molecule has 0 bridgehead atoms. The topological polar surface area (TPSA) is 62.1 Å². The molecule has 9 heteroatoms. The minimum Gasteiger partial charge on any atom is -0.338 e. The molecular weight excluding hydrogens is 376 g/mol. The number of rotatable bonds is 4. The molecule has 1 aromatic carbocycles. The molecule has 3 rings (SSSR count). The zero-order valence-electron chi connectivity index (χ0n) is 15.5. The van der Waals surface area contributed by atoms with Crippen LogP contribution in [0.1, 0.15) is 19.8 Å². The first-order valence-electron chi connectivity index (χ1n) is 9.34. The fourth-order valence-corrected chi connectivity index (χ4v) is 5.13. The third-order valence-electron chi connectivity index (χ3n) is 5.48. The summed E-state index contributed by atoms with van der Waals surface area (Å²) in [4.78, 5) is 14.7. The van der Waals surface area contributed by atoms with Gasteiger partial charge in [-0.2, -0.15) is 4.31 Å². The van der Waals surface area contributed by atoms with E-state index in [4.69, 9.17) is 0 Å². The Bertz CT molecular complexity index is 787. The zero-order chi connectivity index (χ0) is 19.6. The van der Waals surface area contributed by atoms with E-state index in [0.717, 1.165) is 43.0 Å². The Morgan fingerprint density at radius 2 is 1.78 bits per heavy atom. The molecule has 27 heavy (non-hydrogen) atoms. The molecule has 6 nitrogen and oxygen atoms in total. The molecule has 0 radical (unpaired) electrons. The molecule has 0 unspecified atom stereocenters. The molecule has 1 aromatic rings. The number of sulfonamides is 1. The van der Waals surface area contributed by atoms with Crippen LogP contribution in [0, 0.1) is 17.6 Å². The van der Waals surface area contributed by atoms with Gasteiger partial charge in [-0.3, -0.25) is 4.79 Å². The van der Waals surface area contributed by atoms with Gasteiger partial charge in [-0.15, -0.1) is 0 Å². The number of piperazine rings is 1. The van der Waals surface area contributed by atoms with Crippen LogP contribution in [-0.4, -0.2) is 69.3 Å². The number of hydrogen-bond acceptors (Lipinski definition) is 3. The maximum absolute atomic E-state index is 13.9. The first-order valence-corrected chi connectivity index (χ1v) is 10.8. The van der Waals surface area contributed by atoms with Gasteiger partial charge < -0.3 is 9.80 Å². The SMILES string of the molecule is CC1CCN(C(=O)C[NH+]2CCN(S(=O)(=O)c3cc(F)ccc3F)CC2)CC1. The number of amides is 1. The molecule has 0 saturated carbocycles. The third-order valence-corrected chi connectivity index (χ3v) is 7.39. The van der Waals surface area contributed by atoms with E-state index in [0.29, 0.717) is 31.6 Å². The van der Waals surface area contributed by atoms with Gasteiger partial charge in [0.15, 0.2) is 6.54 Å². The van der Waals surface area contributed by atoms with Gasteiger partial charge in [0, 0.05) is 13.1 Å². The van der Waals surface area contributed by atoms with Gasteiger partial charge in [0.2, 0.25) is 10.0 Å². The minimum absolute atomic E-state index is 0.101. The Kier molecular flexibility index (Phi) is 6.12. The molecule has 0 aliphatic carbocycles. The van der Waals surface area contributed by atoms with Crippen molar-refractivity contribution in [3.8, 4) is 0 Å². The molecule has 150 valence electrons. The smallest absolute Gasteiger partial charge is 0.277 e. The number of likely N-dealkylation sites (tertiary alicyclic amines) is 1. The Balaban J connectivity index is 1.57. The fraction of sp³-hybridized carbons (Fsp3) is 0.611. The number of quaternary nitrogens is 1. The molecule has 2 aliphatic heterocycles. The van der Waals surface area contributed by atoms with E-state index < -0.39 is 26.6 Å². The maximum atomic E-state index is 13.9. The summed E-state index contributed by atoms with van der Waals surface area (Å²) < 4.78 is 53.6. The second-order valence-corrected chi connectivity index (χ2v) is 9.38. The highest BCUT2D eigenvalue weighted by Gasteiger charge is 2.34. The maximum Gasteiger partial charge on any atom is 0.277 e. The molecular formula is C18H26F2N3O3S+. The number of hydrogen-bond donors (Lipinski definition) is 1. The first-order chi connectivity index (χ1) is 12.8. The van der Waals surface area contributed by atoms with Crippen LogP contribution in [-0.2, 0) is 14.8 Å². The summed E-state index contributed by atoms with van der Waals surface area (Å²) in [5, 5.41) is 0. The van der Waals surface area contributed by atoms with Crippen molar-refractivity contribution in [2.45, 2.75) is 24.7 Å². The summed E-state index contributed by atoms with van der Waals surface area (Å²) in [7, 11) is -4.08. The molecule has 0 atom stereocenters. The summed E-state index contributed by atoms with van der Waals surface area (Å²) in [6.45, 7) is 5.39. The number of carbonyl (C=O) groups excluding carboxylic acids is 1. The molecule has 2 aliphatic rings. The summed E-state index contributed by atoms with van der Waals surface area (Å²) in [6, 6.07) is 2.43. The van der Waals surface area contributed by atoms with Crippen molar-refractivity contribution in [3.63, 3.8) is 0 Å². The quantitative estimate of drug-likeness (QED) is 0.778. The predicted molar refractivity (Wildman–Crippen MR) is 95.7 cm³/mol. The summed E-state index contributed by atoms with van der Waals surface area (Å²) in [6.07, 6.45) is 2.04. The lowest BCUT2D eigenvalue weighted by Gasteiger charge is -2.34. The van der Waals surface area contributed by atoms with Gasteiger partial charge in [0.25, 0.3) is 5.91 Å². The molecule has 1 N–H and O–H groups in total. The van der Waals surface area contributed by atoms with E-state index in [1.165, 1.54) is 4.31 Å². The highest BCUT2D eigenvalue weighted by Crippen LogP contribution is 2.20. The van der Waals surface area contributed by atoms with Crippen molar-refractivity contribution in [3.05, 3.63) is 29.8 Å². The van der Waals surface area contributed by atoms with Crippen molar-refractivity contribution in [2.24, 2.45) is 5.92 Å². The van der Waals surface area contributed by atoms with E-state index in [1.54, 1.807) is 0 Å². The molecule has 2 saturated heterocycles. The minimum atomic E-state index is -4.08. The summed E-state index contributed by atoms with van der Waals surface area (Å²) in [5.74, 6) is -0.996. The number of nitrogens with zero attached hydrogens (tertiary/aromatic N) is 2. The van der Waals surface area contributed by atoms with Crippen LogP contribution in [0.2, 0.25) is 0 Å². The summed E-state index contributed by atoms with van der Waals surface area (Å²) >= 11 is 0. The van der Waals surface area contributed by atoms with Crippen LogP contribution in [0.3, 0.4) is 0 Å². The van der Waals surface area contributed by atoms with E-state index in [2.05, 4.69) is 6.92 Å². The number of halogens is 2. The standard InChI is InChI=1S/C18H25F2N3O3S/c1-14-4-6-22(7-5-14)18(24)13-21-8-10-23(11-9-21)27(25,26)17-12-15(19)2-3-16(17)20/h2-3,12,14H,4-11,13H2,1H3/p+1. The molecule has 1 amide bonds. The third kappa shape index (κ3) is 4.64. The van der Waals surface area contributed by atoms with Gasteiger partial charge in [-0.1, -0.05) is 6.92 Å². The van der Waals surface area contributed by atoms with Gasteiger partial charge in [0.05, 0.1) is 26.2 Å². The number of carbonyl (C=O) groups is 1. The highest BCUT2D eigenvalue weighted by atomic mass is 32.2. The molecule has 2 fully saturated rings. The predicted octanol–water partition coefficient (Wildman–Crippen LogP) is 0.113. The number of nitrogens with one attached hydrogen (secondary N) is 1. The Hall–Kier alpha value is -1.58. The summed E-state index contributed by atoms with van der Waals surface area (Å²) in [5.41, 5.74) is 0. The van der Waals surface area contributed by atoms with Gasteiger partial charge in [-0.05, 0) is 37.0 Å². The lowest BCUT2D eigenvalue weighted by molar-refractivity contribution is -0.896. The fourth-order valence-electron chi connectivity index (χ4n) is 3.62. The normalized spacial score (nSPS) is 20.8. The lowest BCUT2D eigenvalue weighted by atomic mass is 9.99. The van der Waals surface area contributed by atoms with Crippen LogP contribution in [0.15, 0.2) is 23.1 Å². The van der Waals surface area contributed by atoms with E-state index >= 15 is 0 Å². The van der Waals surface area contributed by atoms with Crippen molar-refractivity contribution in [2.75, 3.05) is 45.8 Å². The van der Waals surface area contributed by atoms with E-state index in [1.807, 2.05) is 4.90 Å². The van der Waals surface area contributed by atoms with Crippen molar-refractivity contribution >= 4 is 15.9 Å². The second-order valence-electron chi connectivity index (χ2n) is 7.47. The van der Waals surface area contributed by atoms with Crippen LogP contribution < -0.4 is 4.90 Å². The van der Waals surface area contributed by atoms with Crippen LogP contribution in [0.25, 0.3) is 0 Å².